The van der Waals surface area contributed by atoms with E-state index in [1.54, 1.807) is 0 Å². The second-order valence-corrected chi connectivity index (χ2v) is 9.58. The van der Waals surface area contributed by atoms with Gasteiger partial charge in [0.2, 0.25) is 0 Å². The number of alkyl carbamates (subject to hydrolysis) is 1. The average Bonchev–Trinajstić information content (AvgIpc) is 3.34. The van der Waals surface area contributed by atoms with Gasteiger partial charge in [-0.25, -0.2) is 4.79 Å². The molecule has 1 aromatic heterocycles. The van der Waals surface area contributed by atoms with Crippen LogP contribution in [-0.4, -0.2) is 53.1 Å². The molecule has 3 aromatic rings. The topological polar surface area (TPSA) is 68.6 Å². The molecule has 2 bridgehead atoms. The molecule has 0 aliphatic carbocycles. The lowest BCUT2D eigenvalue weighted by Gasteiger charge is -2.44. The van der Waals surface area contributed by atoms with Gasteiger partial charge in [-0.1, -0.05) is 42.5 Å². The second kappa shape index (κ2) is 9.14. The summed E-state index contributed by atoms with van der Waals surface area (Å²) in [5.74, 6) is 1.32. The summed E-state index contributed by atoms with van der Waals surface area (Å²) in [5.41, 5.74) is 4.30. The van der Waals surface area contributed by atoms with E-state index in [1.807, 2.05) is 35.1 Å². The van der Waals surface area contributed by atoms with E-state index in [4.69, 9.17) is 9.47 Å². The van der Waals surface area contributed by atoms with Gasteiger partial charge in [0.05, 0.1) is 25.4 Å². The third kappa shape index (κ3) is 4.40. The Kier molecular flexibility index (Phi) is 5.71. The van der Waals surface area contributed by atoms with Gasteiger partial charge in [0, 0.05) is 30.3 Å². The minimum atomic E-state index is -0.317. The highest BCUT2D eigenvalue weighted by atomic mass is 16.6. The SMILES string of the molecule is O=C(NC1CCOc2cc(-c3cnn(Cc4ccccc4)c3)ccc21)O[C@@H]1CN2CCC1CC2. The number of benzene rings is 2. The van der Waals surface area contributed by atoms with Crippen molar-refractivity contribution in [2.45, 2.75) is 38.0 Å². The number of nitrogens with zero attached hydrogens (tertiary/aromatic N) is 3. The van der Waals surface area contributed by atoms with Gasteiger partial charge >= 0.3 is 6.09 Å². The smallest absolute Gasteiger partial charge is 0.407 e. The van der Waals surface area contributed by atoms with Crippen LogP contribution in [0.2, 0.25) is 0 Å². The summed E-state index contributed by atoms with van der Waals surface area (Å²) < 4.78 is 13.8. The molecule has 0 saturated carbocycles. The number of hydrogen-bond donors (Lipinski definition) is 1. The number of aromatic nitrogens is 2. The number of amides is 1. The quantitative estimate of drug-likeness (QED) is 0.619. The van der Waals surface area contributed by atoms with Gasteiger partial charge < -0.3 is 14.8 Å². The Morgan fingerprint density at radius 1 is 1.09 bits per heavy atom. The van der Waals surface area contributed by atoms with Crippen LogP contribution in [0, 0.1) is 5.92 Å². The van der Waals surface area contributed by atoms with E-state index in [9.17, 15) is 4.79 Å². The van der Waals surface area contributed by atoms with Crippen LogP contribution in [0.15, 0.2) is 60.9 Å². The molecule has 7 rings (SSSR count). The van der Waals surface area contributed by atoms with E-state index < -0.39 is 0 Å². The molecule has 3 saturated heterocycles. The predicted molar refractivity (Wildman–Crippen MR) is 129 cm³/mol. The first-order chi connectivity index (χ1) is 16.7. The fourth-order valence-corrected chi connectivity index (χ4v) is 5.45. The van der Waals surface area contributed by atoms with E-state index in [2.05, 4.69) is 45.8 Å². The van der Waals surface area contributed by atoms with E-state index in [0.29, 0.717) is 12.5 Å². The molecule has 4 aliphatic heterocycles. The van der Waals surface area contributed by atoms with Gasteiger partial charge in [0.25, 0.3) is 0 Å². The molecule has 34 heavy (non-hydrogen) atoms. The maximum absolute atomic E-state index is 12.7. The molecule has 176 valence electrons. The largest absolute Gasteiger partial charge is 0.493 e. The van der Waals surface area contributed by atoms with Gasteiger partial charge in [-0.15, -0.1) is 0 Å². The summed E-state index contributed by atoms with van der Waals surface area (Å²) in [6.45, 7) is 4.42. The number of hydrogen-bond acceptors (Lipinski definition) is 5. The van der Waals surface area contributed by atoms with Crippen LogP contribution in [0.5, 0.6) is 5.75 Å². The molecular formula is C27H30N4O3. The zero-order chi connectivity index (χ0) is 22.9. The van der Waals surface area contributed by atoms with Crippen molar-refractivity contribution in [2.24, 2.45) is 5.92 Å². The zero-order valence-corrected chi connectivity index (χ0v) is 19.2. The number of nitrogens with one attached hydrogen (secondary N) is 1. The van der Waals surface area contributed by atoms with Crippen molar-refractivity contribution in [2.75, 3.05) is 26.2 Å². The molecular weight excluding hydrogens is 428 g/mol. The molecule has 3 fully saturated rings. The Morgan fingerprint density at radius 2 is 1.94 bits per heavy atom. The Balaban J connectivity index is 1.13. The number of rotatable bonds is 5. The summed E-state index contributed by atoms with van der Waals surface area (Å²) in [6, 6.07) is 16.4. The van der Waals surface area contributed by atoms with E-state index in [0.717, 1.165) is 67.9 Å². The number of piperidine rings is 3. The number of carbonyl (C=O) groups excluding carboxylic acids is 1. The second-order valence-electron chi connectivity index (χ2n) is 9.58. The molecule has 7 nitrogen and oxygen atoms in total. The number of carbonyl (C=O) groups is 1. The van der Waals surface area contributed by atoms with Crippen LogP contribution >= 0.6 is 0 Å². The maximum atomic E-state index is 12.7. The van der Waals surface area contributed by atoms with Gasteiger partial charge in [-0.05, 0) is 49.0 Å². The van der Waals surface area contributed by atoms with Gasteiger partial charge in [0.15, 0.2) is 0 Å². The summed E-state index contributed by atoms with van der Waals surface area (Å²) >= 11 is 0. The van der Waals surface area contributed by atoms with E-state index in [1.165, 1.54) is 5.56 Å². The molecule has 5 heterocycles. The molecule has 2 aromatic carbocycles. The zero-order valence-electron chi connectivity index (χ0n) is 19.2. The highest BCUT2D eigenvalue weighted by Crippen LogP contribution is 2.36. The molecule has 2 atom stereocenters. The van der Waals surface area contributed by atoms with Gasteiger partial charge in [0.1, 0.15) is 11.9 Å². The van der Waals surface area contributed by atoms with Crippen molar-refractivity contribution in [3.63, 3.8) is 0 Å². The van der Waals surface area contributed by atoms with Gasteiger partial charge in [-0.2, -0.15) is 5.10 Å². The lowest BCUT2D eigenvalue weighted by molar-refractivity contribution is -0.0342. The maximum Gasteiger partial charge on any atom is 0.407 e. The molecule has 0 radical (unpaired) electrons. The first kappa shape index (κ1) is 21.2. The fourth-order valence-electron chi connectivity index (χ4n) is 5.45. The highest BCUT2D eigenvalue weighted by Gasteiger charge is 2.37. The Labute approximate surface area is 199 Å². The van der Waals surface area contributed by atoms with Gasteiger partial charge in [-0.3, -0.25) is 9.58 Å². The Morgan fingerprint density at radius 3 is 2.74 bits per heavy atom. The minimum Gasteiger partial charge on any atom is -0.493 e. The molecule has 1 unspecified atom stereocenters. The van der Waals surface area contributed by atoms with Crippen molar-refractivity contribution < 1.29 is 14.3 Å². The summed E-state index contributed by atoms with van der Waals surface area (Å²) in [4.78, 5) is 15.1. The third-order valence-electron chi connectivity index (χ3n) is 7.35. The van der Waals surface area contributed by atoms with E-state index in [-0.39, 0.29) is 18.2 Å². The summed E-state index contributed by atoms with van der Waals surface area (Å²) in [5, 5.41) is 7.62. The lowest BCUT2D eigenvalue weighted by atomic mass is 9.86. The molecule has 7 heteroatoms. The van der Waals surface area contributed by atoms with Crippen LogP contribution in [0.3, 0.4) is 0 Å². The molecule has 1 amide bonds. The molecule has 4 aliphatic rings. The van der Waals surface area contributed by atoms with Crippen molar-refractivity contribution in [1.82, 2.24) is 20.0 Å². The van der Waals surface area contributed by atoms with E-state index >= 15 is 0 Å². The van der Waals surface area contributed by atoms with Crippen molar-refractivity contribution >= 4 is 6.09 Å². The monoisotopic (exact) mass is 458 g/mol. The van der Waals surface area contributed by atoms with Crippen LogP contribution < -0.4 is 10.1 Å². The summed E-state index contributed by atoms with van der Waals surface area (Å²) in [6.07, 6.45) is 6.62. The Bertz CT molecular complexity index is 1150. The lowest BCUT2D eigenvalue weighted by Crippen LogP contribution is -2.52. The van der Waals surface area contributed by atoms with Crippen molar-refractivity contribution in [1.29, 1.82) is 0 Å². The molecule has 0 spiro atoms. The van der Waals surface area contributed by atoms with Crippen LogP contribution in [0.1, 0.15) is 36.4 Å². The minimum absolute atomic E-state index is 0.0107. The average molecular weight is 459 g/mol. The van der Waals surface area contributed by atoms with Crippen molar-refractivity contribution in [3.05, 3.63) is 72.1 Å². The first-order valence-corrected chi connectivity index (χ1v) is 12.2. The number of ether oxygens (including phenoxy) is 2. The van der Waals surface area contributed by atoms with Crippen LogP contribution in [-0.2, 0) is 11.3 Å². The summed E-state index contributed by atoms with van der Waals surface area (Å²) in [7, 11) is 0. The highest BCUT2D eigenvalue weighted by molar-refractivity contribution is 5.70. The number of fused-ring (bicyclic) bond motifs is 4. The molecule has 1 N–H and O–H groups in total. The normalized spacial score (nSPS) is 25.3. The van der Waals surface area contributed by atoms with Crippen molar-refractivity contribution in [3.8, 4) is 16.9 Å². The van der Waals surface area contributed by atoms with Crippen LogP contribution in [0.25, 0.3) is 11.1 Å². The third-order valence-corrected chi connectivity index (χ3v) is 7.35. The standard InChI is InChI=1S/C27H30N4O3/c32-27(34-26-18-30-11-8-20(26)9-12-30)29-24-10-13-33-25-14-21(6-7-23(24)25)22-15-28-31(17-22)16-19-4-2-1-3-5-19/h1-7,14-15,17,20,24,26H,8-13,16,18H2,(H,29,32)/t24?,26-/m1/s1. The predicted octanol–water partition coefficient (Wildman–Crippen LogP) is 4.24. The van der Waals surface area contributed by atoms with Crippen LogP contribution in [0.4, 0.5) is 4.79 Å². The Hall–Kier alpha value is -3.32. The first-order valence-electron chi connectivity index (χ1n) is 12.2. The fraction of sp³-hybridized carbons (Fsp3) is 0.407.